The van der Waals surface area contributed by atoms with Gasteiger partial charge in [0, 0.05) is 12.8 Å². The van der Waals surface area contributed by atoms with Gasteiger partial charge in [0.25, 0.3) is 0 Å². The number of unbranched alkanes of at least 4 members (excludes halogenated alkanes) is 55. The van der Waals surface area contributed by atoms with Gasteiger partial charge in [0.2, 0.25) is 5.91 Å². The van der Waals surface area contributed by atoms with Crippen LogP contribution in [0.4, 0.5) is 0 Å². The van der Waals surface area contributed by atoms with E-state index in [1.54, 1.807) is 0 Å². The van der Waals surface area contributed by atoms with Crippen LogP contribution in [0.15, 0.2) is 24.3 Å². The minimum absolute atomic E-state index is 0.0157. The van der Waals surface area contributed by atoms with Crippen molar-refractivity contribution in [2.45, 2.75) is 431 Å². The smallest absolute Gasteiger partial charge is 0.305 e. The van der Waals surface area contributed by atoms with Crippen LogP contribution in [0.2, 0.25) is 0 Å². The van der Waals surface area contributed by atoms with Crippen LogP contribution in [0.1, 0.15) is 418 Å². The molecule has 0 saturated carbocycles. The average Bonchev–Trinajstić information content (AvgIpc) is 3.47. The Balaban J connectivity index is 3.34. The molecule has 2 unspecified atom stereocenters. The third-order valence-corrected chi connectivity index (χ3v) is 17.5. The summed E-state index contributed by atoms with van der Waals surface area (Å²) in [5.74, 6) is -0.0135. The summed E-state index contributed by atoms with van der Waals surface area (Å²) in [6.45, 7) is 4.99. The monoisotopic (exact) mass is 1140 g/mol. The first kappa shape index (κ1) is 79.3. The second-order valence-corrected chi connectivity index (χ2v) is 25.6. The van der Waals surface area contributed by atoms with Gasteiger partial charge in [-0.2, -0.15) is 0 Å². The molecular weight excluding hydrogens is 995 g/mol. The van der Waals surface area contributed by atoms with E-state index in [1.807, 2.05) is 0 Å². The number of aliphatic hydroxyl groups is 2. The number of allylic oxidation sites excluding steroid dienone is 4. The standard InChI is InChI=1S/C75H145NO5/c1-3-5-7-9-11-13-15-17-19-36-41-45-49-53-57-61-65-69-75(80)81-70-66-62-58-54-50-46-42-38-35-33-31-29-27-25-23-21-20-22-24-26-28-30-32-34-37-40-44-48-52-56-60-64-68-74(79)76-72(71-77)73(78)67-63-59-55-51-47-43-39-18-16-14-12-10-8-6-4-2/h17,19,23,25,72-73,77-78H,3-16,18,20-22,24,26-71H2,1-2H3,(H,76,79)/b19-17-,25-23-. The summed E-state index contributed by atoms with van der Waals surface area (Å²) in [5.41, 5.74) is 0. The van der Waals surface area contributed by atoms with Gasteiger partial charge in [0.05, 0.1) is 25.4 Å². The third-order valence-electron chi connectivity index (χ3n) is 17.5. The van der Waals surface area contributed by atoms with Gasteiger partial charge in [-0.1, -0.05) is 353 Å². The topological polar surface area (TPSA) is 95.9 Å². The molecule has 0 aromatic rings. The fourth-order valence-corrected chi connectivity index (χ4v) is 11.8. The van der Waals surface area contributed by atoms with E-state index in [9.17, 15) is 19.8 Å². The molecule has 0 rings (SSSR count). The molecule has 0 aromatic carbocycles. The summed E-state index contributed by atoms with van der Waals surface area (Å²) >= 11 is 0. The zero-order valence-corrected chi connectivity index (χ0v) is 55.0. The highest BCUT2D eigenvalue weighted by Gasteiger charge is 2.20. The first-order valence-corrected chi connectivity index (χ1v) is 37.1. The van der Waals surface area contributed by atoms with E-state index < -0.39 is 12.1 Å². The number of esters is 1. The maximum Gasteiger partial charge on any atom is 0.305 e. The lowest BCUT2D eigenvalue weighted by Gasteiger charge is -2.22. The lowest BCUT2D eigenvalue weighted by molar-refractivity contribution is -0.143. The summed E-state index contributed by atoms with van der Waals surface area (Å²) < 4.78 is 5.50. The van der Waals surface area contributed by atoms with E-state index in [2.05, 4.69) is 43.5 Å². The quantitative estimate of drug-likeness (QED) is 0.0320. The zero-order chi connectivity index (χ0) is 58.5. The average molecular weight is 1140 g/mol. The fourth-order valence-electron chi connectivity index (χ4n) is 11.8. The fraction of sp³-hybridized carbons (Fsp3) is 0.920. The lowest BCUT2D eigenvalue weighted by atomic mass is 10.0. The molecule has 0 aliphatic rings. The molecule has 0 heterocycles. The summed E-state index contributed by atoms with van der Waals surface area (Å²) in [5, 5.41) is 23.3. The highest BCUT2D eigenvalue weighted by molar-refractivity contribution is 5.76. The van der Waals surface area contributed by atoms with Gasteiger partial charge in [0.1, 0.15) is 0 Å². The zero-order valence-electron chi connectivity index (χ0n) is 55.0. The van der Waals surface area contributed by atoms with Crippen LogP contribution in [0.25, 0.3) is 0 Å². The molecule has 1 amide bonds. The van der Waals surface area contributed by atoms with Crippen LogP contribution in [0, 0.1) is 0 Å². The van der Waals surface area contributed by atoms with E-state index in [0.717, 1.165) is 44.9 Å². The minimum Gasteiger partial charge on any atom is -0.466 e. The van der Waals surface area contributed by atoms with Gasteiger partial charge in [-0.15, -0.1) is 0 Å². The van der Waals surface area contributed by atoms with Crippen molar-refractivity contribution in [1.29, 1.82) is 0 Å². The minimum atomic E-state index is -0.662. The molecule has 0 saturated heterocycles. The third kappa shape index (κ3) is 67.3. The molecule has 0 aliphatic carbocycles. The van der Waals surface area contributed by atoms with Crippen molar-refractivity contribution in [1.82, 2.24) is 5.32 Å². The predicted molar refractivity (Wildman–Crippen MR) is 356 cm³/mol. The number of ether oxygens (including phenoxy) is 1. The molecular formula is C75H145NO5. The lowest BCUT2D eigenvalue weighted by Crippen LogP contribution is -2.45. The van der Waals surface area contributed by atoms with Gasteiger partial charge < -0.3 is 20.3 Å². The highest BCUT2D eigenvalue weighted by atomic mass is 16.5. The van der Waals surface area contributed by atoms with Crippen LogP contribution in [0.5, 0.6) is 0 Å². The van der Waals surface area contributed by atoms with E-state index in [4.69, 9.17) is 4.74 Å². The Morgan fingerprint density at radius 3 is 0.877 bits per heavy atom. The van der Waals surface area contributed by atoms with Gasteiger partial charge in [-0.25, -0.2) is 0 Å². The molecule has 81 heavy (non-hydrogen) atoms. The molecule has 0 fully saturated rings. The van der Waals surface area contributed by atoms with Crippen molar-refractivity contribution >= 4 is 11.9 Å². The number of aliphatic hydroxyl groups excluding tert-OH is 2. The van der Waals surface area contributed by atoms with E-state index in [0.29, 0.717) is 25.9 Å². The number of rotatable bonds is 70. The Morgan fingerprint density at radius 2 is 0.580 bits per heavy atom. The molecule has 0 spiro atoms. The van der Waals surface area contributed by atoms with Crippen molar-refractivity contribution in [3.8, 4) is 0 Å². The molecule has 480 valence electrons. The van der Waals surface area contributed by atoms with Gasteiger partial charge in [-0.05, 0) is 77.0 Å². The van der Waals surface area contributed by atoms with E-state index in [-0.39, 0.29) is 18.5 Å². The van der Waals surface area contributed by atoms with Crippen molar-refractivity contribution in [2.75, 3.05) is 13.2 Å². The first-order chi connectivity index (χ1) is 40.0. The molecule has 0 aromatic heterocycles. The SMILES string of the molecule is CCCCCCCC/C=C\CCCCCCCCCC(=O)OCCCCCCCCCCCCCC/C=C\CCCCCCCCCCCCCCCCCCC(=O)NC(CO)C(O)CCCCCCCCCCCCCCCCC. The number of amides is 1. The maximum absolute atomic E-state index is 12.5. The van der Waals surface area contributed by atoms with Crippen LogP contribution >= 0.6 is 0 Å². The summed E-state index contributed by atoms with van der Waals surface area (Å²) in [7, 11) is 0. The van der Waals surface area contributed by atoms with Gasteiger partial charge in [0.15, 0.2) is 0 Å². The normalized spacial score (nSPS) is 12.6. The molecule has 6 nitrogen and oxygen atoms in total. The summed E-state index contributed by atoms with van der Waals surface area (Å²) in [6, 6.07) is -0.539. The Bertz CT molecular complexity index is 1270. The second-order valence-electron chi connectivity index (χ2n) is 25.6. The first-order valence-electron chi connectivity index (χ1n) is 37.1. The van der Waals surface area contributed by atoms with Crippen LogP contribution in [0.3, 0.4) is 0 Å². The molecule has 0 aliphatic heterocycles. The van der Waals surface area contributed by atoms with E-state index in [1.165, 1.54) is 340 Å². The van der Waals surface area contributed by atoms with E-state index >= 15 is 0 Å². The highest BCUT2D eigenvalue weighted by Crippen LogP contribution is 2.19. The van der Waals surface area contributed by atoms with Crippen LogP contribution < -0.4 is 5.32 Å². The Hall–Kier alpha value is -1.66. The van der Waals surface area contributed by atoms with Crippen molar-refractivity contribution in [3.63, 3.8) is 0 Å². The number of nitrogens with one attached hydrogen (secondary N) is 1. The predicted octanol–water partition coefficient (Wildman–Crippen LogP) is 24.1. The van der Waals surface area contributed by atoms with Gasteiger partial charge >= 0.3 is 5.97 Å². The summed E-state index contributed by atoms with van der Waals surface area (Å²) in [4.78, 5) is 24.6. The Kier molecular flexibility index (Phi) is 69.4. The van der Waals surface area contributed by atoms with Gasteiger partial charge in [-0.3, -0.25) is 9.59 Å². The Labute approximate surface area is 507 Å². The van der Waals surface area contributed by atoms with Crippen LogP contribution in [-0.4, -0.2) is 47.4 Å². The maximum atomic E-state index is 12.5. The second kappa shape index (κ2) is 70.8. The molecule has 6 heteroatoms. The molecule has 2 atom stereocenters. The number of carbonyl (C=O) groups excluding carboxylic acids is 2. The van der Waals surface area contributed by atoms with Crippen LogP contribution in [-0.2, 0) is 14.3 Å². The summed E-state index contributed by atoms with van der Waals surface area (Å²) in [6.07, 6.45) is 89.6. The number of hydrogen-bond donors (Lipinski definition) is 3. The molecule has 0 bridgehead atoms. The molecule has 3 N–H and O–H groups in total. The Morgan fingerprint density at radius 1 is 0.333 bits per heavy atom. The van der Waals surface area contributed by atoms with Crippen molar-refractivity contribution in [2.24, 2.45) is 0 Å². The molecule has 0 radical (unpaired) electrons. The largest absolute Gasteiger partial charge is 0.466 e. The number of hydrogen-bond acceptors (Lipinski definition) is 5. The number of carbonyl (C=O) groups is 2. The van der Waals surface area contributed by atoms with Crippen molar-refractivity contribution < 1.29 is 24.5 Å². The van der Waals surface area contributed by atoms with Crippen molar-refractivity contribution in [3.05, 3.63) is 24.3 Å².